The van der Waals surface area contributed by atoms with Gasteiger partial charge in [-0.15, -0.1) is 0 Å². The molecule has 0 spiro atoms. The first-order valence-corrected chi connectivity index (χ1v) is 6.22. The Bertz CT molecular complexity index is 319. The number of rotatable bonds is 7. The smallest absolute Gasteiger partial charge is 0.0230 e. The maximum atomic E-state index is 4.13. The van der Waals surface area contributed by atoms with E-state index in [0.717, 1.165) is 6.42 Å². The maximum Gasteiger partial charge on any atom is -0.0230 e. The lowest BCUT2D eigenvalue weighted by atomic mass is 10.0. The zero-order chi connectivity index (χ0) is 11.6. The van der Waals surface area contributed by atoms with Gasteiger partial charge in [-0.2, -0.15) is 0 Å². The maximum absolute atomic E-state index is 4.13. The molecule has 0 aliphatic rings. The van der Waals surface area contributed by atoms with Crippen LogP contribution >= 0.6 is 0 Å². The molecule has 0 saturated carbocycles. The monoisotopic (exact) mass is 214 g/mol. The highest BCUT2D eigenvalue weighted by molar-refractivity contribution is 5.62. The largest absolute Gasteiger partial charge is 0.0952 e. The second kappa shape index (κ2) is 7.92. The van der Waals surface area contributed by atoms with Crippen molar-refractivity contribution in [2.45, 2.75) is 39.0 Å². The molecule has 0 atom stereocenters. The average molecular weight is 214 g/mol. The first kappa shape index (κ1) is 12.8. The van der Waals surface area contributed by atoms with Gasteiger partial charge < -0.3 is 0 Å². The molecule has 0 aromatic heterocycles. The van der Waals surface area contributed by atoms with Gasteiger partial charge >= 0.3 is 0 Å². The summed E-state index contributed by atoms with van der Waals surface area (Å²) in [5.41, 5.74) is 2.53. The van der Waals surface area contributed by atoms with Gasteiger partial charge in [0.05, 0.1) is 0 Å². The van der Waals surface area contributed by atoms with Gasteiger partial charge in [0.25, 0.3) is 0 Å². The summed E-state index contributed by atoms with van der Waals surface area (Å²) < 4.78 is 0. The summed E-state index contributed by atoms with van der Waals surface area (Å²) in [7, 11) is 0. The van der Waals surface area contributed by atoms with Crippen molar-refractivity contribution in [2.75, 3.05) is 0 Å². The van der Waals surface area contributed by atoms with Crippen molar-refractivity contribution in [1.82, 2.24) is 0 Å². The van der Waals surface area contributed by atoms with Gasteiger partial charge in [-0.05, 0) is 36.8 Å². The molecule has 0 nitrogen and oxygen atoms in total. The van der Waals surface area contributed by atoms with Gasteiger partial charge in [0.1, 0.15) is 0 Å². The third-order valence-corrected chi connectivity index (χ3v) is 2.65. The van der Waals surface area contributed by atoms with Crippen LogP contribution in [0.1, 0.15) is 44.6 Å². The van der Waals surface area contributed by atoms with Crippen LogP contribution < -0.4 is 0 Å². The first-order valence-electron chi connectivity index (χ1n) is 6.22. The van der Waals surface area contributed by atoms with E-state index in [9.17, 15) is 0 Å². The van der Waals surface area contributed by atoms with Gasteiger partial charge in [0.2, 0.25) is 0 Å². The number of unbranched alkanes of at least 4 members (excludes halogenated alkanes) is 2. The Kier molecular flexibility index (Phi) is 6.32. The van der Waals surface area contributed by atoms with Crippen LogP contribution in [0.4, 0.5) is 0 Å². The summed E-state index contributed by atoms with van der Waals surface area (Å²) in [6.07, 6.45) is 10.5. The molecular formula is C16H22. The summed E-state index contributed by atoms with van der Waals surface area (Å²) in [5, 5.41) is 0. The predicted octanol–water partition coefficient (Wildman–Crippen LogP) is 5.23. The van der Waals surface area contributed by atoms with E-state index in [-0.39, 0.29) is 0 Å². The molecule has 16 heavy (non-hydrogen) atoms. The van der Waals surface area contributed by atoms with Crippen molar-refractivity contribution in [1.29, 1.82) is 0 Å². The van der Waals surface area contributed by atoms with Gasteiger partial charge in [-0.25, -0.2) is 0 Å². The fraction of sp³-hybridized carbons (Fsp3) is 0.375. The minimum atomic E-state index is 1.10. The van der Waals surface area contributed by atoms with Crippen molar-refractivity contribution in [3.63, 3.8) is 0 Å². The Balaban J connectivity index is 2.21. The molecule has 0 aliphatic carbocycles. The molecule has 0 heterocycles. The van der Waals surface area contributed by atoms with Crippen LogP contribution in [-0.4, -0.2) is 0 Å². The summed E-state index contributed by atoms with van der Waals surface area (Å²) >= 11 is 0. The van der Waals surface area contributed by atoms with Gasteiger partial charge in [0, 0.05) is 0 Å². The van der Waals surface area contributed by atoms with Crippen LogP contribution in [0.2, 0.25) is 0 Å². The topological polar surface area (TPSA) is 0 Å². The molecular weight excluding hydrogens is 192 g/mol. The van der Waals surface area contributed by atoms with E-state index in [4.69, 9.17) is 0 Å². The molecule has 1 rings (SSSR count). The van der Waals surface area contributed by atoms with Crippen LogP contribution in [0.5, 0.6) is 0 Å². The highest BCUT2D eigenvalue weighted by atomic mass is 14.0. The van der Waals surface area contributed by atoms with Crippen molar-refractivity contribution in [3.8, 4) is 0 Å². The van der Waals surface area contributed by atoms with Gasteiger partial charge in [-0.3, -0.25) is 0 Å². The van der Waals surface area contributed by atoms with Crippen molar-refractivity contribution >= 4 is 5.57 Å². The molecule has 0 amide bonds. The highest BCUT2D eigenvalue weighted by Gasteiger charge is 1.96. The minimum Gasteiger partial charge on any atom is -0.0952 e. The molecule has 1 aromatic carbocycles. The van der Waals surface area contributed by atoms with Gasteiger partial charge in [-0.1, -0.05) is 62.4 Å². The lowest BCUT2D eigenvalue weighted by Gasteiger charge is -2.04. The van der Waals surface area contributed by atoms with E-state index < -0.39 is 0 Å². The summed E-state index contributed by atoms with van der Waals surface area (Å²) in [6, 6.07) is 10.5. The van der Waals surface area contributed by atoms with Crippen LogP contribution in [0.3, 0.4) is 0 Å². The third-order valence-electron chi connectivity index (χ3n) is 2.65. The SMILES string of the molecule is C=C(CCCC=CCCC)c1ccccc1. The van der Waals surface area contributed by atoms with Crippen molar-refractivity contribution in [3.05, 3.63) is 54.6 Å². The van der Waals surface area contributed by atoms with E-state index in [0.29, 0.717) is 0 Å². The van der Waals surface area contributed by atoms with Crippen LogP contribution in [0.15, 0.2) is 49.1 Å². The summed E-state index contributed by atoms with van der Waals surface area (Å²) in [5.74, 6) is 0. The van der Waals surface area contributed by atoms with E-state index >= 15 is 0 Å². The van der Waals surface area contributed by atoms with E-state index in [1.54, 1.807) is 0 Å². The summed E-state index contributed by atoms with van der Waals surface area (Å²) in [6.45, 7) is 6.34. The Hall–Kier alpha value is -1.30. The predicted molar refractivity (Wildman–Crippen MR) is 73.4 cm³/mol. The van der Waals surface area contributed by atoms with E-state index in [2.05, 4.69) is 49.9 Å². The molecule has 0 saturated heterocycles. The number of hydrogen-bond acceptors (Lipinski definition) is 0. The average Bonchev–Trinajstić information content (AvgIpc) is 2.34. The third kappa shape index (κ3) is 4.97. The van der Waals surface area contributed by atoms with Crippen LogP contribution in [0.25, 0.3) is 5.57 Å². The van der Waals surface area contributed by atoms with Crippen LogP contribution in [0, 0.1) is 0 Å². The van der Waals surface area contributed by atoms with Crippen molar-refractivity contribution < 1.29 is 0 Å². The quantitative estimate of drug-likeness (QED) is 0.431. The Morgan fingerprint density at radius 3 is 2.50 bits per heavy atom. The standard InChI is InChI=1S/C16H22/c1-3-4-5-6-7-9-12-15(2)16-13-10-8-11-14-16/h5-6,8,10-11,13-14H,2-4,7,9,12H2,1H3. The molecule has 1 aromatic rings. The molecule has 0 fully saturated rings. The van der Waals surface area contributed by atoms with Gasteiger partial charge in [0.15, 0.2) is 0 Å². The molecule has 0 N–H and O–H groups in total. The molecule has 0 bridgehead atoms. The van der Waals surface area contributed by atoms with Crippen molar-refractivity contribution in [2.24, 2.45) is 0 Å². The Morgan fingerprint density at radius 1 is 1.12 bits per heavy atom. The zero-order valence-corrected chi connectivity index (χ0v) is 10.3. The Morgan fingerprint density at radius 2 is 1.81 bits per heavy atom. The lowest BCUT2D eigenvalue weighted by Crippen LogP contribution is -1.82. The normalized spacial score (nSPS) is 10.8. The minimum absolute atomic E-state index is 1.10. The fourth-order valence-electron chi connectivity index (χ4n) is 1.65. The Labute approximate surface area is 99.7 Å². The second-order valence-electron chi connectivity index (χ2n) is 4.12. The second-order valence-corrected chi connectivity index (χ2v) is 4.12. The number of allylic oxidation sites excluding steroid dienone is 3. The molecule has 0 heteroatoms. The fourth-order valence-corrected chi connectivity index (χ4v) is 1.65. The summed E-state index contributed by atoms with van der Waals surface area (Å²) in [4.78, 5) is 0. The number of benzene rings is 1. The lowest BCUT2D eigenvalue weighted by molar-refractivity contribution is 0.869. The van der Waals surface area contributed by atoms with Crippen LogP contribution in [-0.2, 0) is 0 Å². The molecule has 0 aliphatic heterocycles. The van der Waals surface area contributed by atoms with E-state index in [1.807, 2.05) is 6.07 Å². The molecule has 0 radical (unpaired) electrons. The van der Waals surface area contributed by atoms with E-state index in [1.165, 1.54) is 36.8 Å². The molecule has 86 valence electrons. The highest BCUT2D eigenvalue weighted by Crippen LogP contribution is 2.18. The first-order chi connectivity index (χ1) is 7.84. The molecule has 0 unspecified atom stereocenters. The number of hydrogen-bond donors (Lipinski definition) is 0. The zero-order valence-electron chi connectivity index (χ0n) is 10.3.